The van der Waals surface area contributed by atoms with Crippen molar-refractivity contribution in [2.45, 2.75) is 50.4 Å². The van der Waals surface area contributed by atoms with E-state index in [2.05, 4.69) is 56.6 Å². The van der Waals surface area contributed by atoms with Gasteiger partial charge in [-0.3, -0.25) is 9.98 Å². The lowest BCUT2D eigenvalue weighted by Crippen LogP contribution is -2.55. The smallest absolute Gasteiger partial charge is 0.0882 e. The van der Waals surface area contributed by atoms with Crippen molar-refractivity contribution in [2.75, 3.05) is 0 Å². The maximum Gasteiger partial charge on any atom is 0.0882 e. The van der Waals surface area contributed by atoms with Crippen LogP contribution in [0.5, 0.6) is 0 Å². The monoisotopic (exact) mass is 302 g/mol. The Balaban J connectivity index is 2.38. The Hall–Kier alpha value is -1.01. The van der Waals surface area contributed by atoms with Crippen LogP contribution in [-0.2, 0) is 0 Å². The molecule has 2 rings (SSSR count). The first-order valence-electron chi connectivity index (χ1n) is 7.34. The standard InChI is InChI=1S/C16H26N2Si2/c1-19(2,3)16(20(4,5)6)11-10-15(18-13-16)14-9-7-8-12-17-14/h7-10,12-13H,11H2,1-6H3. The molecule has 2 nitrogen and oxygen atoms in total. The zero-order valence-corrected chi connectivity index (χ0v) is 15.6. The lowest BCUT2D eigenvalue weighted by atomic mass is 10.1. The molecule has 1 aromatic rings. The number of aromatic nitrogens is 1. The van der Waals surface area contributed by atoms with Crippen molar-refractivity contribution in [3.05, 3.63) is 36.2 Å². The average molecular weight is 303 g/mol. The van der Waals surface area contributed by atoms with Crippen LogP contribution in [0.15, 0.2) is 35.5 Å². The van der Waals surface area contributed by atoms with Crippen molar-refractivity contribution in [1.29, 1.82) is 0 Å². The number of aliphatic imine (C=N–C) groups is 1. The number of nitrogens with zero attached hydrogens (tertiary/aromatic N) is 2. The quantitative estimate of drug-likeness (QED) is 0.732. The first-order chi connectivity index (χ1) is 9.17. The van der Waals surface area contributed by atoms with Crippen LogP contribution in [0.3, 0.4) is 0 Å². The van der Waals surface area contributed by atoms with Crippen LogP contribution < -0.4 is 0 Å². The van der Waals surface area contributed by atoms with Crippen LogP contribution in [0.25, 0.3) is 5.70 Å². The fourth-order valence-corrected chi connectivity index (χ4v) is 14.7. The molecule has 4 heteroatoms. The Morgan fingerprint density at radius 3 is 2.05 bits per heavy atom. The lowest BCUT2D eigenvalue weighted by Gasteiger charge is -2.50. The molecular weight excluding hydrogens is 276 g/mol. The summed E-state index contributed by atoms with van der Waals surface area (Å²) in [6.45, 7) is 14.9. The molecule has 0 aliphatic carbocycles. The highest BCUT2D eigenvalue weighted by Crippen LogP contribution is 2.50. The van der Waals surface area contributed by atoms with Crippen LogP contribution in [0, 0.1) is 0 Å². The fraction of sp³-hybridized carbons (Fsp3) is 0.500. The van der Waals surface area contributed by atoms with E-state index in [1.807, 2.05) is 24.4 Å². The van der Waals surface area contributed by atoms with Gasteiger partial charge in [0.2, 0.25) is 0 Å². The summed E-state index contributed by atoms with van der Waals surface area (Å²) < 4.78 is 0.346. The van der Waals surface area contributed by atoms with E-state index in [1.165, 1.54) is 0 Å². The topological polar surface area (TPSA) is 25.2 Å². The van der Waals surface area contributed by atoms with E-state index < -0.39 is 16.1 Å². The van der Waals surface area contributed by atoms with E-state index in [9.17, 15) is 0 Å². The van der Waals surface area contributed by atoms with Gasteiger partial charge >= 0.3 is 0 Å². The molecule has 0 atom stereocenters. The summed E-state index contributed by atoms with van der Waals surface area (Å²) >= 11 is 0. The van der Waals surface area contributed by atoms with E-state index in [0.29, 0.717) is 4.66 Å². The molecule has 0 fully saturated rings. The number of hydrogen-bond acceptors (Lipinski definition) is 2. The van der Waals surface area contributed by atoms with Gasteiger partial charge in [0.1, 0.15) is 0 Å². The van der Waals surface area contributed by atoms with Crippen molar-refractivity contribution < 1.29 is 0 Å². The number of rotatable bonds is 3. The Kier molecular flexibility index (Phi) is 3.90. The SMILES string of the molecule is C[Si](C)(C)C1([Si](C)(C)C)C=NC(c2ccccn2)=CC1. The maximum absolute atomic E-state index is 4.83. The van der Waals surface area contributed by atoms with Crippen molar-refractivity contribution in [1.82, 2.24) is 4.98 Å². The van der Waals surface area contributed by atoms with Gasteiger partial charge in [0.25, 0.3) is 0 Å². The third kappa shape index (κ3) is 2.59. The lowest BCUT2D eigenvalue weighted by molar-refractivity contribution is 0.907. The largest absolute Gasteiger partial charge is 0.259 e. The second-order valence-corrected chi connectivity index (χ2v) is 19.0. The van der Waals surface area contributed by atoms with Crippen LogP contribution in [0.1, 0.15) is 12.1 Å². The van der Waals surface area contributed by atoms with Crippen LogP contribution in [0.4, 0.5) is 0 Å². The van der Waals surface area contributed by atoms with Crippen LogP contribution in [0.2, 0.25) is 43.9 Å². The molecule has 0 saturated carbocycles. The van der Waals surface area contributed by atoms with E-state index in [-0.39, 0.29) is 0 Å². The van der Waals surface area contributed by atoms with Gasteiger partial charge in [0.15, 0.2) is 0 Å². The fourth-order valence-electron chi connectivity index (χ4n) is 3.35. The Labute approximate surface area is 125 Å². The van der Waals surface area contributed by atoms with Crippen molar-refractivity contribution >= 4 is 28.1 Å². The Morgan fingerprint density at radius 1 is 1.00 bits per heavy atom. The molecule has 2 heterocycles. The second-order valence-electron chi connectivity index (χ2n) is 7.74. The Bertz CT molecular complexity index is 520. The highest BCUT2D eigenvalue weighted by atomic mass is 28.4. The van der Waals surface area contributed by atoms with Crippen molar-refractivity contribution in [3.8, 4) is 0 Å². The summed E-state index contributed by atoms with van der Waals surface area (Å²) in [7, 11) is -2.65. The van der Waals surface area contributed by atoms with Crippen LogP contribution in [-0.4, -0.2) is 27.3 Å². The van der Waals surface area contributed by atoms with Gasteiger partial charge in [0.05, 0.1) is 27.5 Å². The highest BCUT2D eigenvalue weighted by molar-refractivity contribution is 7.02. The number of pyridine rings is 1. The van der Waals surface area contributed by atoms with Gasteiger partial charge in [-0.25, -0.2) is 0 Å². The predicted molar refractivity (Wildman–Crippen MR) is 94.7 cm³/mol. The van der Waals surface area contributed by atoms with Crippen molar-refractivity contribution in [3.63, 3.8) is 0 Å². The minimum Gasteiger partial charge on any atom is -0.259 e. The number of allylic oxidation sites excluding steroid dienone is 1. The van der Waals surface area contributed by atoms with Gasteiger partial charge in [-0.1, -0.05) is 51.4 Å². The molecule has 0 amide bonds. The number of hydrogen-bond donors (Lipinski definition) is 0. The van der Waals surface area contributed by atoms with Gasteiger partial charge in [-0.05, 0) is 23.2 Å². The van der Waals surface area contributed by atoms with E-state index in [0.717, 1.165) is 17.8 Å². The summed E-state index contributed by atoms with van der Waals surface area (Å²) in [5.41, 5.74) is 2.03. The summed E-state index contributed by atoms with van der Waals surface area (Å²) in [4.78, 5) is 9.24. The molecule has 1 aliphatic heterocycles. The molecule has 0 aromatic carbocycles. The van der Waals surface area contributed by atoms with E-state index in [1.54, 1.807) is 0 Å². The first-order valence-corrected chi connectivity index (χ1v) is 14.3. The third-order valence-corrected chi connectivity index (χ3v) is 15.2. The summed E-state index contributed by atoms with van der Waals surface area (Å²) in [6, 6.07) is 6.02. The molecule has 0 N–H and O–H groups in total. The second kappa shape index (κ2) is 5.08. The first kappa shape index (κ1) is 15.4. The van der Waals surface area contributed by atoms with Gasteiger partial charge in [-0.2, -0.15) is 0 Å². The summed E-state index contributed by atoms with van der Waals surface area (Å²) in [5, 5.41) is 0. The normalized spacial score (nSPS) is 18.8. The highest BCUT2D eigenvalue weighted by Gasteiger charge is 2.51. The minimum absolute atomic E-state index is 0.346. The molecule has 0 radical (unpaired) electrons. The average Bonchev–Trinajstić information content (AvgIpc) is 2.37. The predicted octanol–water partition coefficient (Wildman–Crippen LogP) is 4.85. The molecule has 1 aromatic heterocycles. The molecular formula is C16H26N2Si2. The van der Waals surface area contributed by atoms with E-state index in [4.69, 9.17) is 4.99 Å². The molecule has 0 spiro atoms. The minimum atomic E-state index is -1.33. The Morgan fingerprint density at radius 2 is 1.65 bits per heavy atom. The third-order valence-electron chi connectivity index (χ3n) is 4.65. The van der Waals surface area contributed by atoms with Gasteiger partial charge < -0.3 is 0 Å². The summed E-state index contributed by atoms with van der Waals surface area (Å²) in [5.74, 6) is 0. The molecule has 0 bridgehead atoms. The maximum atomic E-state index is 4.83. The van der Waals surface area contributed by atoms with Crippen LogP contribution >= 0.6 is 0 Å². The molecule has 108 valence electrons. The molecule has 1 aliphatic rings. The zero-order valence-electron chi connectivity index (χ0n) is 13.6. The van der Waals surface area contributed by atoms with Crippen molar-refractivity contribution in [2.24, 2.45) is 4.99 Å². The van der Waals surface area contributed by atoms with E-state index >= 15 is 0 Å². The molecule has 20 heavy (non-hydrogen) atoms. The molecule has 0 saturated heterocycles. The van der Waals surface area contributed by atoms with Gasteiger partial charge in [0, 0.05) is 12.4 Å². The van der Waals surface area contributed by atoms with Gasteiger partial charge in [-0.15, -0.1) is 0 Å². The molecule has 0 unspecified atom stereocenters. The summed E-state index contributed by atoms with van der Waals surface area (Å²) in [6.07, 6.45) is 7.59. The zero-order chi connectivity index (χ0) is 15.0.